The van der Waals surface area contributed by atoms with Gasteiger partial charge in [-0.15, -0.1) is 11.8 Å². The summed E-state index contributed by atoms with van der Waals surface area (Å²) in [4.78, 5) is 9.92. The van der Waals surface area contributed by atoms with Crippen LogP contribution < -0.4 is 0 Å². The molecule has 0 radical (unpaired) electrons. The molecule has 0 N–H and O–H groups in total. The van der Waals surface area contributed by atoms with Gasteiger partial charge in [0.25, 0.3) is 0 Å². The van der Waals surface area contributed by atoms with Crippen molar-refractivity contribution >= 4 is 18.0 Å². The van der Waals surface area contributed by atoms with E-state index in [1.54, 1.807) is 11.8 Å². The first-order valence-electron chi connectivity index (χ1n) is 2.67. The minimum Gasteiger partial charge on any atom is -0.303 e. The zero-order valence-corrected chi connectivity index (χ0v) is 5.36. The molecule has 1 unspecified atom stereocenters. The quantitative estimate of drug-likeness (QED) is 0.525. The fourth-order valence-electron chi connectivity index (χ4n) is 0.689. The van der Waals surface area contributed by atoms with Crippen LogP contribution in [0.5, 0.6) is 0 Å². The van der Waals surface area contributed by atoms with Gasteiger partial charge in [-0.25, -0.2) is 0 Å². The van der Waals surface area contributed by atoms with Crippen molar-refractivity contribution in [2.75, 3.05) is 0 Å². The molecule has 1 rings (SSSR count). The van der Waals surface area contributed by atoms with Crippen LogP contribution >= 0.6 is 11.8 Å². The summed E-state index contributed by atoms with van der Waals surface area (Å²) in [5.74, 6) is 0. The molecule has 1 aliphatic heterocycles. The Morgan fingerprint density at radius 3 is 3.25 bits per heavy atom. The molecule has 0 aromatic carbocycles. The Balaban J connectivity index is 2.19. The second kappa shape index (κ2) is 2.92. The first-order chi connectivity index (χ1) is 3.93. The Labute approximate surface area is 53.2 Å². The summed E-state index contributed by atoms with van der Waals surface area (Å²) in [6.45, 7) is 0. The van der Waals surface area contributed by atoms with Crippen molar-refractivity contribution in [1.29, 1.82) is 0 Å². The molecule has 2 heteroatoms. The SMILES string of the molecule is O=CCC1CC=CS1. The Morgan fingerprint density at radius 2 is 2.75 bits per heavy atom. The number of carbonyl (C=O) groups excluding carboxylic acids is 1. The van der Waals surface area contributed by atoms with E-state index in [0.717, 1.165) is 12.7 Å². The minimum atomic E-state index is 0.549. The molecule has 0 saturated heterocycles. The molecule has 1 heterocycles. The molecule has 0 aliphatic carbocycles. The van der Waals surface area contributed by atoms with Gasteiger partial charge in [0.15, 0.2) is 0 Å². The molecule has 0 fully saturated rings. The average Bonchev–Trinajstić information content (AvgIpc) is 2.19. The fraction of sp³-hybridized carbons (Fsp3) is 0.500. The van der Waals surface area contributed by atoms with Crippen LogP contribution in [0.15, 0.2) is 11.5 Å². The number of thioether (sulfide) groups is 1. The zero-order chi connectivity index (χ0) is 5.82. The maximum atomic E-state index is 9.92. The molecule has 44 valence electrons. The summed E-state index contributed by atoms with van der Waals surface area (Å²) in [5.41, 5.74) is 0. The van der Waals surface area contributed by atoms with Crippen molar-refractivity contribution < 1.29 is 4.79 Å². The highest BCUT2D eigenvalue weighted by atomic mass is 32.2. The van der Waals surface area contributed by atoms with Gasteiger partial charge < -0.3 is 4.79 Å². The third-order valence-electron chi connectivity index (χ3n) is 1.13. The number of allylic oxidation sites excluding steroid dienone is 1. The molecule has 1 nitrogen and oxygen atoms in total. The summed E-state index contributed by atoms with van der Waals surface area (Å²) in [7, 11) is 0. The van der Waals surface area contributed by atoms with Gasteiger partial charge in [0, 0.05) is 11.7 Å². The van der Waals surface area contributed by atoms with Crippen molar-refractivity contribution in [3.8, 4) is 0 Å². The molecule has 1 atom stereocenters. The molecule has 0 aromatic heterocycles. The van der Waals surface area contributed by atoms with Gasteiger partial charge in [-0.2, -0.15) is 0 Å². The fourth-order valence-corrected chi connectivity index (χ4v) is 1.55. The molecular formula is C6H8OS. The lowest BCUT2D eigenvalue weighted by Gasteiger charge is -1.98. The van der Waals surface area contributed by atoms with E-state index >= 15 is 0 Å². The van der Waals surface area contributed by atoms with E-state index in [0.29, 0.717) is 11.7 Å². The van der Waals surface area contributed by atoms with Crippen LogP contribution in [0.25, 0.3) is 0 Å². The van der Waals surface area contributed by atoms with E-state index in [4.69, 9.17) is 0 Å². The van der Waals surface area contributed by atoms with Gasteiger partial charge in [-0.1, -0.05) is 6.08 Å². The van der Waals surface area contributed by atoms with E-state index in [2.05, 4.69) is 11.5 Å². The number of hydrogen-bond acceptors (Lipinski definition) is 2. The standard InChI is InChI=1S/C6H8OS/c7-4-3-6-2-1-5-8-6/h1,4-6H,2-3H2. The van der Waals surface area contributed by atoms with E-state index in [1.165, 1.54) is 0 Å². The predicted molar refractivity (Wildman–Crippen MR) is 35.8 cm³/mol. The van der Waals surface area contributed by atoms with Crippen LogP contribution in [-0.2, 0) is 4.79 Å². The van der Waals surface area contributed by atoms with E-state index < -0.39 is 0 Å². The van der Waals surface area contributed by atoms with Gasteiger partial charge in [0.2, 0.25) is 0 Å². The minimum absolute atomic E-state index is 0.549. The van der Waals surface area contributed by atoms with Gasteiger partial charge >= 0.3 is 0 Å². The third-order valence-corrected chi connectivity index (χ3v) is 2.24. The maximum Gasteiger partial charge on any atom is 0.121 e. The largest absolute Gasteiger partial charge is 0.303 e. The molecule has 8 heavy (non-hydrogen) atoms. The normalized spacial score (nSPS) is 26.2. The first kappa shape index (κ1) is 5.89. The van der Waals surface area contributed by atoms with Crippen LogP contribution in [0.2, 0.25) is 0 Å². The number of rotatable bonds is 2. The molecule has 1 aliphatic rings. The molecular weight excluding hydrogens is 120 g/mol. The lowest BCUT2D eigenvalue weighted by atomic mass is 10.2. The Bertz CT molecular complexity index is 101. The van der Waals surface area contributed by atoms with Gasteiger partial charge in [0.05, 0.1) is 0 Å². The average molecular weight is 128 g/mol. The lowest BCUT2D eigenvalue weighted by Crippen LogP contribution is -1.95. The summed E-state index contributed by atoms with van der Waals surface area (Å²) >= 11 is 1.76. The molecule has 0 spiro atoms. The van der Waals surface area contributed by atoms with Crippen molar-refractivity contribution in [3.63, 3.8) is 0 Å². The van der Waals surface area contributed by atoms with Crippen LogP contribution in [0, 0.1) is 0 Å². The van der Waals surface area contributed by atoms with E-state index in [1.807, 2.05) is 0 Å². The molecule has 0 amide bonds. The van der Waals surface area contributed by atoms with Gasteiger partial charge in [-0.3, -0.25) is 0 Å². The number of carbonyl (C=O) groups is 1. The number of aldehydes is 1. The summed E-state index contributed by atoms with van der Waals surface area (Å²) < 4.78 is 0. The Morgan fingerprint density at radius 1 is 1.88 bits per heavy atom. The zero-order valence-electron chi connectivity index (χ0n) is 4.54. The monoisotopic (exact) mass is 128 g/mol. The molecule has 0 aromatic rings. The third kappa shape index (κ3) is 1.37. The Hall–Kier alpha value is -0.240. The second-order valence-corrected chi connectivity index (χ2v) is 2.98. The van der Waals surface area contributed by atoms with Gasteiger partial charge in [-0.05, 0) is 11.8 Å². The highest BCUT2D eigenvalue weighted by Gasteiger charge is 2.08. The summed E-state index contributed by atoms with van der Waals surface area (Å²) in [5, 5.41) is 2.61. The first-order valence-corrected chi connectivity index (χ1v) is 3.62. The molecule has 0 bridgehead atoms. The maximum absolute atomic E-state index is 9.92. The van der Waals surface area contributed by atoms with Crippen molar-refractivity contribution in [2.24, 2.45) is 0 Å². The Kier molecular flexibility index (Phi) is 2.15. The smallest absolute Gasteiger partial charge is 0.121 e. The summed E-state index contributed by atoms with van der Waals surface area (Å²) in [6.07, 6.45) is 4.88. The van der Waals surface area contributed by atoms with E-state index in [9.17, 15) is 4.79 Å². The summed E-state index contributed by atoms with van der Waals surface area (Å²) in [6, 6.07) is 0. The van der Waals surface area contributed by atoms with Crippen LogP contribution in [0.4, 0.5) is 0 Å². The van der Waals surface area contributed by atoms with Crippen molar-refractivity contribution in [3.05, 3.63) is 11.5 Å². The van der Waals surface area contributed by atoms with Crippen LogP contribution in [-0.4, -0.2) is 11.5 Å². The van der Waals surface area contributed by atoms with Crippen molar-refractivity contribution in [2.45, 2.75) is 18.1 Å². The topological polar surface area (TPSA) is 17.1 Å². The predicted octanol–water partition coefficient (Wildman–Crippen LogP) is 1.59. The van der Waals surface area contributed by atoms with Gasteiger partial charge in [0.1, 0.15) is 6.29 Å². The van der Waals surface area contributed by atoms with Crippen LogP contribution in [0.1, 0.15) is 12.8 Å². The molecule has 0 saturated carbocycles. The lowest BCUT2D eigenvalue weighted by molar-refractivity contribution is -0.107. The van der Waals surface area contributed by atoms with E-state index in [-0.39, 0.29) is 0 Å². The second-order valence-electron chi connectivity index (χ2n) is 1.77. The van der Waals surface area contributed by atoms with Crippen molar-refractivity contribution in [1.82, 2.24) is 0 Å². The highest BCUT2D eigenvalue weighted by molar-refractivity contribution is 8.03. The highest BCUT2D eigenvalue weighted by Crippen LogP contribution is 2.25. The van der Waals surface area contributed by atoms with Crippen LogP contribution in [0.3, 0.4) is 0 Å². The number of hydrogen-bond donors (Lipinski definition) is 0.